The molecule has 0 spiro atoms. The zero-order valence-corrected chi connectivity index (χ0v) is 12.5. The van der Waals surface area contributed by atoms with E-state index in [0.717, 1.165) is 12.1 Å². The Morgan fingerprint density at radius 3 is 2.38 bits per heavy atom. The third-order valence-corrected chi connectivity index (χ3v) is 3.70. The number of benzene rings is 2. The Hall–Kier alpha value is -1.71. The molecule has 108 valence electrons. The Morgan fingerprint density at radius 2 is 1.86 bits per heavy atom. The molecule has 0 unspecified atom stereocenters. The van der Waals surface area contributed by atoms with E-state index in [1.165, 1.54) is 18.2 Å². The van der Waals surface area contributed by atoms with Crippen LogP contribution in [0.3, 0.4) is 0 Å². The normalized spacial score (nSPS) is 11.2. The first kappa shape index (κ1) is 15.7. The van der Waals surface area contributed by atoms with Crippen molar-refractivity contribution in [3.05, 3.63) is 51.0 Å². The van der Waals surface area contributed by atoms with Gasteiger partial charge in [0.05, 0.1) is 26.7 Å². The molecule has 0 bridgehead atoms. The van der Waals surface area contributed by atoms with Crippen LogP contribution in [0.2, 0.25) is 5.02 Å². The minimum absolute atomic E-state index is 0.176. The Labute approximate surface area is 131 Å². The Morgan fingerprint density at radius 1 is 1.19 bits per heavy atom. The molecule has 0 radical (unpaired) electrons. The van der Waals surface area contributed by atoms with Crippen LogP contribution in [0.25, 0.3) is 11.1 Å². The number of aromatic hydroxyl groups is 1. The SMILES string of the molecule is N#Cc1cc(Br)c(O)c(-c2ccc(C(F)(F)F)c(Cl)c2)c1. The van der Waals surface area contributed by atoms with Gasteiger partial charge in [-0.15, -0.1) is 0 Å². The number of phenols is 1. The summed E-state index contributed by atoms with van der Waals surface area (Å²) in [6.07, 6.45) is -4.55. The summed E-state index contributed by atoms with van der Waals surface area (Å²) < 4.78 is 38.3. The van der Waals surface area contributed by atoms with Crippen LogP contribution < -0.4 is 0 Å². The van der Waals surface area contributed by atoms with E-state index in [0.29, 0.717) is 0 Å². The van der Waals surface area contributed by atoms with Crippen LogP contribution in [0.15, 0.2) is 34.8 Å². The molecular weight excluding hydrogens is 371 g/mol. The van der Waals surface area contributed by atoms with E-state index in [1.54, 1.807) is 0 Å². The van der Waals surface area contributed by atoms with Crippen molar-refractivity contribution in [3.63, 3.8) is 0 Å². The first-order valence-electron chi connectivity index (χ1n) is 5.53. The highest BCUT2D eigenvalue weighted by Gasteiger charge is 2.33. The van der Waals surface area contributed by atoms with Gasteiger partial charge in [0, 0.05) is 5.56 Å². The number of nitrogens with zero attached hydrogens (tertiary/aromatic N) is 1. The molecule has 7 heteroatoms. The molecule has 0 heterocycles. The van der Waals surface area contributed by atoms with Gasteiger partial charge in [-0.25, -0.2) is 0 Å². The van der Waals surface area contributed by atoms with Gasteiger partial charge < -0.3 is 5.11 Å². The van der Waals surface area contributed by atoms with Crippen molar-refractivity contribution in [2.45, 2.75) is 6.18 Å². The van der Waals surface area contributed by atoms with Gasteiger partial charge in [0.15, 0.2) is 0 Å². The van der Waals surface area contributed by atoms with E-state index in [9.17, 15) is 18.3 Å². The van der Waals surface area contributed by atoms with Crippen LogP contribution in [0.5, 0.6) is 5.75 Å². The minimum Gasteiger partial charge on any atom is -0.506 e. The van der Waals surface area contributed by atoms with Crippen molar-refractivity contribution >= 4 is 27.5 Å². The van der Waals surface area contributed by atoms with Crippen LogP contribution in [-0.4, -0.2) is 5.11 Å². The Bertz CT molecular complexity index is 753. The summed E-state index contributed by atoms with van der Waals surface area (Å²) in [4.78, 5) is 0. The molecule has 21 heavy (non-hydrogen) atoms. The highest BCUT2D eigenvalue weighted by Crippen LogP contribution is 2.40. The van der Waals surface area contributed by atoms with Gasteiger partial charge in [-0.1, -0.05) is 17.7 Å². The summed E-state index contributed by atoms with van der Waals surface area (Å²) in [5, 5.41) is 18.4. The summed E-state index contributed by atoms with van der Waals surface area (Å²) in [6.45, 7) is 0. The summed E-state index contributed by atoms with van der Waals surface area (Å²) in [5.74, 6) is -0.176. The lowest BCUT2D eigenvalue weighted by atomic mass is 10.0. The number of nitriles is 1. The number of halogens is 5. The van der Waals surface area contributed by atoms with Crippen molar-refractivity contribution in [2.75, 3.05) is 0 Å². The summed E-state index contributed by atoms with van der Waals surface area (Å²) in [5.41, 5.74) is -0.201. The van der Waals surface area contributed by atoms with E-state index < -0.39 is 16.8 Å². The van der Waals surface area contributed by atoms with Crippen molar-refractivity contribution in [2.24, 2.45) is 0 Å². The van der Waals surface area contributed by atoms with Crippen LogP contribution in [0, 0.1) is 11.3 Å². The minimum atomic E-state index is -4.55. The van der Waals surface area contributed by atoms with Gasteiger partial charge in [0.2, 0.25) is 0 Å². The van der Waals surface area contributed by atoms with Crippen molar-refractivity contribution in [3.8, 4) is 22.9 Å². The predicted octanol–water partition coefficient (Wildman–Crippen LogP) is 5.37. The standard InChI is InChI=1S/C14H6BrClF3NO/c15-11-4-7(6-20)3-9(13(11)21)8-1-2-10(12(16)5-8)14(17,18)19/h1-5,21H. The summed E-state index contributed by atoms with van der Waals surface area (Å²) >= 11 is 8.74. The summed E-state index contributed by atoms with van der Waals surface area (Å²) in [7, 11) is 0. The van der Waals surface area contributed by atoms with E-state index in [2.05, 4.69) is 15.9 Å². The fourth-order valence-corrected chi connectivity index (χ4v) is 2.54. The molecule has 0 aliphatic heterocycles. The molecule has 0 amide bonds. The molecule has 0 saturated carbocycles. The highest BCUT2D eigenvalue weighted by atomic mass is 79.9. The summed E-state index contributed by atoms with van der Waals surface area (Å²) in [6, 6.07) is 7.82. The maximum absolute atomic E-state index is 12.7. The second-order valence-corrected chi connectivity index (χ2v) is 5.42. The maximum atomic E-state index is 12.7. The molecular formula is C14H6BrClF3NO. The zero-order chi connectivity index (χ0) is 15.8. The number of rotatable bonds is 1. The van der Waals surface area contributed by atoms with Crippen molar-refractivity contribution in [1.29, 1.82) is 5.26 Å². The van der Waals surface area contributed by atoms with Crippen molar-refractivity contribution < 1.29 is 18.3 Å². The molecule has 2 aromatic carbocycles. The molecule has 0 saturated heterocycles. The Balaban J connectivity index is 2.62. The monoisotopic (exact) mass is 375 g/mol. The van der Waals surface area contributed by atoms with Crippen LogP contribution in [-0.2, 0) is 6.18 Å². The third-order valence-electron chi connectivity index (χ3n) is 2.78. The quantitative estimate of drug-likeness (QED) is 0.727. The predicted molar refractivity (Wildman–Crippen MR) is 76.0 cm³/mol. The van der Waals surface area contributed by atoms with Crippen LogP contribution in [0.4, 0.5) is 13.2 Å². The van der Waals surface area contributed by atoms with Crippen LogP contribution in [0.1, 0.15) is 11.1 Å². The van der Waals surface area contributed by atoms with E-state index in [-0.39, 0.29) is 26.9 Å². The van der Waals surface area contributed by atoms with Gasteiger partial charge in [-0.2, -0.15) is 18.4 Å². The number of alkyl halides is 3. The number of hydrogen-bond acceptors (Lipinski definition) is 2. The van der Waals surface area contributed by atoms with Gasteiger partial charge in [-0.3, -0.25) is 0 Å². The van der Waals surface area contributed by atoms with E-state index in [1.807, 2.05) is 6.07 Å². The van der Waals surface area contributed by atoms with Gasteiger partial charge in [0.25, 0.3) is 0 Å². The molecule has 2 nitrogen and oxygen atoms in total. The average Bonchev–Trinajstić information content (AvgIpc) is 2.40. The first-order chi connectivity index (χ1) is 9.74. The zero-order valence-electron chi connectivity index (χ0n) is 10.2. The second kappa shape index (κ2) is 5.58. The van der Waals surface area contributed by atoms with E-state index in [4.69, 9.17) is 16.9 Å². The number of hydrogen-bond donors (Lipinski definition) is 1. The topological polar surface area (TPSA) is 44.0 Å². The molecule has 0 atom stereocenters. The molecule has 2 rings (SSSR count). The Kier molecular flexibility index (Phi) is 4.17. The molecule has 0 aliphatic rings. The maximum Gasteiger partial charge on any atom is 0.417 e. The lowest BCUT2D eigenvalue weighted by Crippen LogP contribution is -2.05. The van der Waals surface area contributed by atoms with E-state index >= 15 is 0 Å². The van der Waals surface area contributed by atoms with Gasteiger partial charge in [-0.05, 0) is 45.8 Å². The second-order valence-electron chi connectivity index (χ2n) is 4.16. The molecule has 1 N–H and O–H groups in total. The molecule has 2 aromatic rings. The fraction of sp³-hybridized carbons (Fsp3) is 0.0714. The fourth-order valence-electron chi connectivity index (χ4n) is 1.80. The number of phenolic OH excluding ortho intramolecular Hbond substituents is 1. The smallest absolute Gasteiger partial charge is 0.417 e. The van der Waals surface area contributed by atoms with Gasteiger partial charge >= 0.3 is 6.18 Å². The van der Waals surface area contributed by atoms with Gasteiger partial charge in [0.1, 0.15) is 5.75 Å². The lowest BCUT2D eigenvalue weighted by Gasteiger charge is -2.12. The average molecular weight is 377 g/mol. The lowest BCUT2D eigenvalue weighted by molar-refractivity contribution is -0.137. The molecule has 0 aromatic heterocycles. The first-order valence-corrected chi connectivity index (χ1v) is 6.71. The largest absolute Gasteiger partial charge is 0.506 e. The molecule has 0 fully saturated rings. The third kappa shape index (κ3) is 3.14. The highest BCUT2D eigenvalue weighted by molar-refractivity contribution is 9.10. The van der Waals surface area contributed by atoms with Crippen molar-refractivity contribution in [1.82, 2.24) is 0 Å². The van der Waals surface area contributed by atoms with Crippen LogP contribution >= 0.6 is 27.5 Å². The molecule has 0 aliphatic carbocycles.